The van der Waals surface area contributed by atoms with E-state index in [2.05, 4.69) is 31.2 Å². The SMILES string of the molecule is CCC(N)c1ccc(CN2CCCC2=O)cc1. The van der Waals surface area contributed by atoms with Crippen LogP contribution in [0.25, 0.3) is 0 Å². The van der Waals surface area contributed by atoms with Gasteiger partial charge in [-0.1, -0.05) is 31.2 Å². The number of benzene rings is 1. The molecular weight excluding hydrogens is 212 g/mol. The van der Waals surface area contributed by atoms with Crippen LogP contribution in [-0.4, -0.2) is 17.4 Å². The number of likely N-dealkylation sites (tertiary alicyclic amines) is 1. The van der Waals surface area contributed by atoms with Gasteiger partial charge in [-0.3, -0.25) is 4.79 Å². The van der Waals surface area contributed by atoms with Crippen molar-refractivity contribution in [2.24, 2.45) is 5.73 Å². The van der Waals surface area contributed by atoms with Crippen LogP contribution in [0, 0.1) is 0 Å². The van der Waals surface area contributed by atoms with E-state index in [0.29, 0.717) is 6.42 Å². The summed E-state index contributed by atoms with van der Waals surface area (Å²) in [7, 11) is 0. The number of nitrogens with zero attached hydrogens (tertiary/aromatic N) is 1. The summed E-state index contributed by atoms with van der Waals surface area (Å²) in [5.41, 5.74) is 8.32. The molecule has 2 rings (SSSR count). The van der Waals surface area contributed by atoms with Gasteiger partial charge in [0.25, 0.3) is 0 Å². The second kappa shape index (κ2) is 5.32. The summed E-state index contributed by atoms with van der Waals surface area (Å²) in [4.78, 5) is 13.4. The molecule has 92 valence electrons. The summed E-state index contributed by atoms with van der Waals surface area (Å²) in [6.07, 6.45) is 2.65. The van der Waals surface area contributed by atoms with E-state index in [1.807, 2.05) is 4.90 Å². The quantitative estimate of drug-likeness (QED) is 0.865. The van der Waals surface area contributed by atoms with Crippen LogP contribution in [0.1, 0.15) is 43.4 Å². The van der Waals surface area contributed by atoms with Gasteiger partial charge in [-0.2, -0.15) is 0 Å². The summed E-state index contributed by atoms with van der Waals surface area (Å²) < 4.78 is 0. The van der Waals surface area contributed by atoms with Gasteiger partial charge >= 0.3 is 0 Å². The van der Waals surface area contributed by atoms with Crippen molar-refractivity contribution in [3.8, 4) is 0 Å². The van der Waals surface area contributed by atoms with E-state index in [0.717, 1.165) is 25.9 Å². The van der Waals surface area contributed by atoms with Gasteiger partial charge < -0.3 is 10.6 Å². The lowest BCUT2D eigenvalue weighted by molar-refractivity contribution is -0.128. The number of carbonyl (C=O) groups is 1. The van der Waals surface area contributed by atoms with Gasteiger partial charge in [-0.05, 0) is 24.0 Å². The Morgan fingerprint density at radius 3 is 2.59 bits per heavy atom. The molecule has 3 heteroatoms. The van der Waals surface area contributed by atoms with Crippen molar-refractivity contribution < 1.29 is 4.79 Å². The molecule has 1 aromatic rings. The van der Waals surface area contributed by atoms with Crippen LogP contribution >= 0.6 is 0 Å². The summed E-state index contributed by atoms with van der Waals surface area (Å²) in [5.74, 6) is 0.277. The van der Waals surface area contributed by atoms with Gasteiger partial charge in [0.2, 0.25) is 5.91 Å². The third kappa shape index (κ3) is 2.86. The number of amides is 1. The molecule has 0 saturated carbocycles. The number of hydrogen-bond acceptors (Lipinski definition) is 2. The first-order valence-corrected chi connectivity index (χ1v) is 6.33. The van der Waals surface area contributed by atoms with Crippen LogP contribution < -0.4 is 5.73 Å². The lowest BCUT2D eigenvalue weighted by Crippen LogP contribution is -2.23. The van der Waals surface area contributed by atoms with Gasteiger partial charge in [0.1, 0.15) is 0 Å². The van der Waals surface area contributed by atoms with Crippen molar-refractivity contribution in [1.82, 2.24) is 4.90 Å². The molecule has 0 radical (unpaired) electrons. The van der Waals surface area contributed by atoms with E-state index in [9.17, 15) is 4.79 Å². The first-order chi connectivity index (χ1) is 8.20. The lowest BCUT2D eigenvalue weighted by Gasteiger charge is -2.16. The molecule has 2 N–H and O–H groups in total. The highest BCUT2D eigenvalue weighted by Crippen LogP contribution is 2.17. The van der Waals surface area contributed by atoms with E-state index >= 15 is 0 Å². The molecule has 0 bridgehead atoms. The monoisotopic (exact) mass is 232 g/mol. The number of rotatable bonds is 4. The van der Waals surface area contributed by atoms with Crippen molar-refractivity contribution in [3.63, 3.8) is 0 Å². The zero-order valence-corrected chi connectivity index (χ0v) is 10.4. The first kappa shape index (κ1) is 12.1. The minimum absolute atomic E-state index is 0.123. The molecule has 0 spiro atoms. The van der Waals surface area contributed by atoms with Gasteiger partial charge in [0.05, 0.1) is 0 Å². The van der Waals surface area contributed by atoms with E-state index in [1.54, 1.807) is 0 Å². The Morgan fingerprint density at radius 1 is 1.35 bits per heavy atom. The maximum atomic E-state index is 11.5. The van der Waals surface area contributed by atoms with Crippen LogP contribution in [0.5, 0.6) is 0 Å². The zero-order valence-electron chi connectivity index (χ0n) is 10.4. The van der Waals surface area contributed by atoms with Crippen LogP contribution in [-0.2, 0) is 11.3 Å². The van der Waals surface area contributed by atoms with Crippen molar-refractivity contribution >= 4 is 5.91 Å². The van der Waals surface area contributed by atoms with Gasteiger partial charge in [0, 0.05) is 25.6 Å². The highest BCUT2D eigenvalue weighted by atomic mass is 16.2. The minimum Gasteiger partial charge on any atom is -0.338 e. The van der Waals surface area contributed by atoms with Crippen molar-refractivity contribution in [2.45, 2.75) is 38.8 Å². The van der Waals surface area contributed by atoms with Crippen molar-refractivity contribution in [2.75, 3.05) is 6.54 Å². The summed E-state index contributed by atoms with van der Waals surface area (Å²) in [6, 6.07) is 8.43. The third-order valence-electron chi connectivity index (χ3n) is 3.39. The molecule has 1 heterocycles. The Kier molecular flexibility index (Phi) is 3.79. The second-order valence-corrected chi connectivity index (χ2v) is 4.68. The zero-order chi connectivity index (χ0) is 12.3. The molecule has 1 aliphatic rings. The first-order valence-electron chi connectivity index (χ1n) is 6.33. The highest BCUT2D eigenvalue weighted by Gasteiger charge is 2.19. The van der Waals surface area contributed by atoms with Gasteiger partial charge in [0.15, 0.2) is 0 Å². The molecule has 0 aliphatic carbocycles. The highest BCUT2D eigenvalue weighted by molar-refractivity contribution is 5.78. The molecule has 1 aliphatic heterocycles. The fourth-order valence-electron chi connectivity index (χ4n) is 2.20. The van der Waals surface area contributed by atoms with Gasteiger partial charge in [-0.15, -0.1) is 0 Å². The molecular formula is C14H20N2O. The Balaban J connectivity index is 2.00. The smallest absolute Gasteiger partial charge is 0.222 e. The third-order valence-corrected chi connectivity index (χ3v) is 3.39. The van der Waals surface area contributed by atoms with Crippen LogP contribution in [0.4, 0.5) is 0 Å². The molecule has 0 aromatic heterocycles. The Morgan fingerprint density at radius 2 is 2.06 bits per heavy atom. The Hall–Kier alpha value is -1.35. The van der Waals surface area contributed by atoms with Crippen LogP contribution in [0.2, 0.25) is 0 Å². The maximum Gasteiger partial charge on any atom is 0.222 e. The average molecular weight is 232 g/mol. The summed E-state index contributed by atoms with van der Waals surface area (Å²) in [5, 5.41) is 0. The molecule has 1 amide bonds. The van der Waals surface area contributed by atoms with Crippen LogP contribution in [0.15, 0.2) is 24.3 Å². The van der Waals surface area contributed by atoms with Gasteiger partial charge in [-0.25, -0.2) is 0 Å². The van der Waals surface area contributed by atoms with Crippen molar-refractivity contribution in [3.05, 3.63) is 35.4 Å². The molecule has 17 heavy (non-hydrogen) atoms. The molecule has 1 saturated heterocycles. The lowest BCUT2D eigenvalue weighted by atomic mass is 10.0. The number of carbonyl (C=O) groups excluding carboxylic acids is 1. The molecule has 1 atom stereocenters. The van der Waals surface area contributed by atoms with Crippen molar-refractivity contribution in [1.29, 1.82) is 0 Å². The standard InChI is InChI=1S/C14H20N2O/c1-2-13(15)12-7-5-11(6-8-12)10-16-9-3-4-14(16)17/h5-8,13H,2-4,9-10,15H2,1H3. The maximum absolute atomic E-state index is 11.5. The topological polar surface area (TPSA) is 46.3 Å². The summed E-state index contributed by atoms with van der Waals surface area (Å²) in [6.45, 7) is 3.72. The fraction of sp³-hybridized carbons (Fsp3) is 0.500. The van der Waals surface area contributed by atoms with E-state index in [-0.39, 0.29) is 11.9 Å². The Bertz CT molecular complexity index is 386. The largest absolute Gasteiger partial charge is 0.338 e. The molecule has 1 unspecified atom stereocenters. The van der Waals surface area contributed by atoms with E-state index < -0.39 is 0 Å². The second-order valence-electron chi connectivity index (χ2n) is 4.68. The normalized spacial score (nSPS) is 17.5. The number of nitrogens with two attached hydrogens (primary N) is 1. The minimum atomic E-state index is 0.123. The predicted octanol–water partition coefficient (Wildman–Crippen LogP) is 2.22. The summed E-state index contributed by atoms with van der Waals surface area (Å²) >= 11 is 0. The predicted molar refractivity (Wildman–Crippen MR) is 68.3 cm³/mol. The van der Waals surface area contributed by atoms with E-state index in [1.165, 1.54) is 11.1 Å². The molecule has 3 nitrogen and oxygen atoms in total. The van der Waals surface area contributed by atoms with E-state index in [4.69, 9.17) is 5.73 Å². The number of hydrogen-bond donors (Lipinski definition) is 1. The average Bonchev–Trinajstić information content (AvgIpc) is 2.75. The Labute approximate surface area is 103 Å². The van der Waals surface area contributed by atoms with Crippen LogP contribution in [0.3, 0.4) is 0 Å². The molecule has 1 fully saturated rings. The molecule has 1 aromatic carbocycles. The fourth-order valence-corrected chi connectivity index (χ4v) is 2.20.